The molecular weight excluding hydrogens is 280 g/mol. The molecule has 0 aliphatic rings. The molecule has 8 heteroatoms. The summed E-state index contributed by atoms with van der Waals surface area (Å²) in [4.78, 5) is 15.7. The van der Waals surface area contributed by atoms with Crippen LogP contribution < -0.4 is 15.2 Å². The van der Waals surface area contributed by atoms with Crippen molar-refractivity contribution in [2.75, 3.05) is 10.0 Å². The van der Waals surface area contributed by atoms with Crippen LogP contribution in [0, 0.1) is 0 Å². The summed E-state index contributed by atoms with van der Waals surface area (Å²) in [6.07, 6.45) is 3.02. The zero-order valence-corrected chi connectivity index (χ0v) is 11.1. The lowest BCUT2D eigenvalue weighted by Crippen LogP contribution is -2.21. The van der Waals surface area contributed by atoms with Crippen molar-refractivity contribution in [3.63, 3.8) is 0 Å². The summed E-state index contributed by atoms with van der Waals surface area (Å²) >= 11 is 0. The van der Waals surface area contributed by atoms with Gasteiger partial charge in [-0.2, -0.15) is 8.42 Å². The van der Waals surface area contributed by atoms with E-state index in [1.165, 1.54) is 24.5 Å². The van der Waals surface area contributed by atoms with Crippen LogP contribution in [0.5, 0.6) is 0 Å². The van der Waals surface area contributed by atoms with Crippen LogP contribution in [0.15, 0.2) is 48.8 Å². The second-order valence-electron chi connectivity index (χ2n) is 3.92. The van der Waals surface area contributed by atoms with Crippen molar-refractivity contribution in [1.82, 2.24) is 4.98 Å². The molecule has 0 fully saturated rings. The highest BCUT2D eigenvalue weighted by atomic mass is 32.2. The summed E-state index contributed by atoms with van der Waals surface area (Å²) in [6.45, 7) is 0. The van der Waals surface area contributed by atoms with Crippen LogP contribution in [0.1, 0.15) is 10.4 Å². The minimum atomic E-state index is -3.85. The third-order valence-corrected chi connectivity index (χ3v) is 2.84. The second kappa shape index (κ2) is 5.68. The monoisotopic (exact) mass is 292 g/mol. The molecule has 2 aromatic rings. The number of benzene rings is 1. The molecule has 0 saturated carbocycles. The quantitative estimate of drug-likeness (QED) is 0.778. The number of carbonyl (C=O) groups excluding carboxylic acids is 1. The average molecular weight is 292 g/mol. The lowest BCUT2D eigenvalue weighted by atomic mass is 10.2. The third-order valence-electron chi connectivity index (χ3n) is 2.32. The first-order chi connectivity index (χ1) is 9.44. The Balaban J connectivity index is 2.14. The summed E-state index contributed by atoms with van der Waals surface area (Å²) in [6, 6.07) is 9.35. The van der Waals surface area contributed by atoms with Gasteiger partial charge in [-0.3, -0.25) is 14.5 Å². The SMILES string of the molecule is NS(=O)(=O)Nc1cccc(NC(=O)c2ccncc2)c1. The molecule has 0 aliphatic heterocycles. The van der Waals surface area contributed by atoms with Crippen molar-refractivity contribution in [2.24, 2.45) is 5.14 Å². The normalized spacial score (nSPS) is 10.8. The van der Waals surface area contributed by atoms with E-state index in [1.807, 2.05) is 0 Å². The number of pyridine rings is 1. The van der Waals surface area contributed by atoms with Crippen LogP contribution in [0.3, 0.4) is 0 Å². The molecule has 1 aromatic carbocycles. The van der Waals surface area contributed by atoms with Gasteiger partial charge >= 0.3 is 0 Å². The summed E-state index contributed by atoms with van der Waals surface area (Å²) in [5, 5.41) is 7.52. The Morgan fingerprint density at radius 1 is 1.10 bits per heavy atom. The Labute approximate surface area is 116 Å². The van der Waals surface area contributed by atoms with Gasteiger partial charge in [0.15, 0.2) is 0 Å². The van der Waals surface area contributed by atoms with Gasteiger partial charge in [0, 0.05) is 23.6 Å². The number of hydrogen-bond acceptors (Lipinski definition) is 4. The molecule has 0 atom stereocenters. The molecule has 104 valence electrons. The number of nitrogens with two attached hydrogens (primary N) is 1. The maximum absolute atomic E-state index is 11.9. The van der Waals surface area contributed by atoms with E-state index >= 15 is 0 Å². The van der Waals surface area contributed by atoms with Gasteiger partial charge in [-0.15, -0.1) is 0 Å². The van der Waals surface area contributed by atoms with Crippen molar-refractivity contribution in [3.05, 3.63) is 54.4 Å². The van der Waals surface area contributed by atoms with Gasteiger partial charge in [-0.1, -0.05) is 6.07 Å². The van der Waals surface area contributed by atoms with Crippen LogP contribution in [-0.4, -0.2) is 19.3 Å². The zero-order valence-electron chi connectivity index (χ0n) is 10.3. The number of nitrogens with zero attached hydrogens (tertiary/aromatic N) is 1. The van der Waals surface area contributed by atoms with Crippen LogP contribution in [0.25, 0.3) is 0 Å². The molecule has 1 aromatic heterocycles. The largest absolute Gasteiger partial charge is 0.322 e. The highest BCUT2D eigenvalue weighted by molar-refractivity contribution is 7.90. The van der Waals surface area contributed by atoms with Crippen molar-refractivity contribution in [1.29, 1.82) is 0 Å². The molecule has 2 rings (SSSR count). The Morgan fingerprint density at radius 3 is 2.40 bits per heavy atom. The van der Waals surface area contributed by atoms with Crippen LogP contribution in [0.2, 0.25) is 0 Å². The minimum Gasteiger partial charge on any atom is -0.322 e. The third kappa shape index (κ3) is 4.04. The van der Waals surface area contributed by atoms with Gasteiger partial charge in [0.1, 0.15) is 0 Å². The maximum atomic E-state index is 11.9. The number of anilines is 2. The Kier molecular flexibility index (Phi) is 3.97. The lowest BCUT2D eigenvalue weighted by Gasteiger charge is -2.08. The van der Waals surface area contributed by atoms with Gasteiger partial charge < -0.3 is 5.32 Å². The molecule has 1 heterocycles. The van der Waals surface area contributed by atoms with Crippen LogP contribution in [0.4, 0.5) is 11.4 Å². The molecule has 0 bridgehead atoms. The van der Waals surface area contributed by atoms with Gasteiger partial charge in [0.2, 0.25) is 0 Å². The predicted octanol–water partition coefficient (Wildman–Crippen LogP) is 0.949. The molecule has 0 spiro atoms. The second-order valence-corrected chi connectivity index (χ2v) is 5.21. The number of nitrogens with one attached hydrogen (secondary N) is 2. The smallest absolute Gasteiger partial charge is 0.296 e. The Bertz CT molecular complexity index is 716. The van der Waals surface area contributed by atoms with Gasteiger partial charge in [-0.05, 0) is 30.3 Å². The fourth-order valence-electron chi connectivity index (χ4n) is 1.53. The highest BCUT2D eigenvalue weighted by Crippen LogP contribution is 2.16. The van der Waals surface area contributed by atoms with Crippen molar-refractivity contribution in [2.45, 2.75) is 0 Å². The first kappa shape index (κ1) is 14.0. The Morgan fingerprint density at radius 2 is 1.75 bits per heavy atom. The van der Waals surface area contributed by atoms with E-state index in [-0.39, 0.29) is 11.6 Å². The number of rotatable bonds is 4. The van der Waals surface area contributed by atoms with Gasteiger partial charge in [0.05, 0.1) is 5.69 Å². The van der Waals surface area contributed by atoms with Gasteiger partial charge in [-0.25, -0.2) is 5.14 Å². The molecule has 0 unspecified atom stereocenters. The molecular formula is C12H12N4O3S. The predicted molar refractivity (Wildman–Crippen MR) is 75.4 cm³/mol. The van der Waals surface area contributed by atoms with Gasteiger partial charge in [0.25, 0.3) is 16.1 Å². The van der Waals surface area contributed by atoms with E-state index in [0.29, 0.717) is 11.3 Å². The van der Waals surface area contributed by atoms with Crippen LogP contribution >= 0.6 is 0 Å². The van der Waals surface area contributed by atoms with E-state index in [2.05, 4.69) is 15.0 Å². The zero-order chi connectivity index (χ0) is 14.6. The number of amides is 1. The van der Waals surface area contributed by atoms with Crippen LogP contribution in [-0.2, 0) is 10.2 Å². The molecule has 20 heavy (non-hydrogen) atoms. The minimum absolute atomic E-state index is 0.264. The van der Waals surface area contributed by atoms with E-state index in [1.54, 1.807) is 24.3 Å². The molecule has 7 nitrogen and oxygen atoms in total. The topological polar surface area (TPSA) is 114 Å². The fraction of sp³-hybridized carbons (Fsp3) is 0. The Hall–Kier alpha value is -2.45. The van der Waals surface area contributed by atoms with E-state index in [4.69, 9.17) is 5.14 Å². The fourth-order valence-corrected chi connectivity index (χ4v) is 1.99. The molecule has 0 saturated heterocycles. The molecule has 1 amide bonds. The highest BCUT2D eigenvalue weighted by Gasteiger charge is 2.07. The van der Waals surface area contributed by atoms with E-state index in [9.17, 15) is 13.2 Å². The lowest BCUT2D eigenvalue weighted by molar-refractivity contribution is 0.102. The maximum Gasteiger partial charge on any atom is 0.296 e. The molecule has 0 aliphatic carbocycles. The number of hydrogen-bond donors (Lipinski definition) is 3. The summed E-state index contributed by atoms with van der Waals surface area (Å²) in [5.74, 6) is -0.319. The summed E-state index contributed by atoms with van der Waals surface area (Å²) in [5.41, 5.74) is 1.16. The van der Waals surface area contributed by atoms with E-state index in [0.717, 1.165) is 0 Å². The number of aromatic nitrogens is 1. The first-order valence-corrected chi connectivity index (χ1v) is 7.11. The van der Waals surface area contributed by atoms with Crippen molar-refractivity contribution < 1.29 is 13.2 Å². The summed E-state index contributed by atoms with van der Waals surface area (Å²) < 4.78 is 24.0. The standard InChI is InChI=1S/C12H12N4O3S/c13-20(18,19)16-11-3-1-2-10(8-11)15-12(17)9-4-6-14-7-5-9/h1-8,16H,(H,15,17)(H2,13,18,19). The first-order valence-electron chi connectivity index (χ1n) is 5.56. The molecule has 4 N–H and O–H groups in total. The van der Waals surface area contributed by atoms with E-state index < -0.39 is 10.2 Å². The van der Waals surface area contributed by atoms with Crippen molar-refractivity contribution >= 4 is 27.5 Å². The average Bonchev–Trinajstić information content (AvgIpc) is 2.38. The van der Waals surface area contributed by atoms with Crippen molar-refractivity contribution in [3.8, 4) is 0 Å². The molecule has 0 radical (unpaired) electrons. The summed E-state index contributed by atoms with van der Waals surface area (Å²) in [7, 11) is -3.85. The number of carbonyl (C=O) groups is 1.